The number of ether oxygens (including phenoxy) is 2. The Hall–Kier alpha value is -2.18. The minimum Gasteiger partial charge on any atom is -0.487 e. The van der Waals surface area contributed by atoms with Gasteiger partial charge in [0.2, 0.25) is 0 Å². The summed E-state index contributed by atoms with van der Waals surface area (Å²) in [5, 5.41) is 8.28. The molecule has 0 saturated heterocycles. The van der Waals surface area contributed by atoms with E-state index in [-0.39, 0.29) is 11.0 Å². The van der Waals surface area contributed by atoms with E-state index in [1.165, 1.54) is 24.3 Å². The molecule has 0 fully saturated rings. The normalized spacial score (nSPS) is 12.6. The van der Waals surface area contributed by atoms with Crippen LogP contribution >= 0.6 is 0 Å². The summed E-state index contributed by atoms with van der Waals surface area (Å²) in [6, 6.07) is 5.80. The number of halogens is 2. The highest BCUT2D eigenvalue weighted by Gasteiger charge is 2.40. The number of rotatable bonds is 6. The van der Waals surface area contributed by atoms with Crippen LogP contribution in [0.4, 0.5) is 8.78 Å². The van der Waals surface area contributed by atoms with E-state index in [2.05, 4.69) is 4.74 Å². The van der Waals surface area contributed by atoms with Gasteiger partial charge in [0.05, 0.1) is 5.56 Å². The third kappa shape index (κ3) is 4.91. The van der Waals surface area contributed by atoms with Crippen LogP contribution in [0.3, 0.4) is 0 Å². The molecule has 0 saturated carbocycles. The minimum atomic E-state index is -4.12. The SMILES string of the molecule is CC(C)(C)C(C)(C)Oc1ccc(C(=O)OCC(F)(F)C(=O)O)cc1. The van der Waals surface area contributed by atoms with Crippen molar-refractivity contribution in [2.75, 3.05) is 6.61 Å². The first kappa shape index (κ1) is 19.9. The molecule has 0 amide bonds. The van der Waals surface area contributed by atoms with E-state index in [0.29, 0.717) is 5.75 Å². The number of hydrogen-bond donors (Lipinski definition) is 1. The third-order valence-electron chi connectivity index (χ3n) is 3.97. The molecule has 0 aromatic heterocycles. The lowest BCUT2D eigenvalue weighted by molar-refractivity contribution is -0.170. The lowest BCUT2D eigenvalue weighted by Crippen LogP contribution is -2.42. The number of carboxylic acid groups (broad SMARTS) is 1. The van der Waals surface area contributed by atoms with Gasteiger partial charge in [-0.15, -0.1) is 0 Å². The average molecular weight is 344 g/mol. The van der Waals surface area contributed by atoms with Crippen molar-refractivity contribution in [3.63, 3.8) is 0 Å². The Kier molecular flexibility index (Phi) is 5.58. The lowest BCUT2D eigenvalue weighted by Gasteiger charge is -2.39. The number of aliphatic carboxylic acids is 1. The van der Waals surface area contributed by atoms with Crippen molar-refractivity contribution in [1.82, 2.24) is 0 Å². The van der Waals surface area contributed by atoms with Crippen LogP contribution in [0.2, 0.25) is 0 Å². The fourth-order valence-electron chi connectivity index (χ4n) is 1.41. The second-order valence-electron chi connectivity index (χ2n) is 6.97. The monoisotopic (exact) mass is 344 g/mol. The topological polar surface area (TPSA) is 72.8 Å². The van der Waals surface area contributed by atoms with Crippen LogP contribution in [0, 0.1) is 5.41 Å². The van der Waals surface area contributed by atoms with Gasteiger partial charge in [-0.3, -0.25) is 0 Å². The maximum Gasteiger partial charge on any atom is 0.378 e. The van der Waals surface area contributed by atoms with E-state index in [4.69, 9.17) is 9.84 Å². The van der Waals surface area contributed by atoms with E-state index >= 15 is 0 Å². The molecule has 0 aliphatic heterocycles. The number of carbonyl (C=O) groups excluding carboxylic acids is 1. The molecule has 7 heteroatoms. The van der Waals surface area contributed by atoms with E-state index in [1.807, 2.05) is 34.6 Å². The van der Waals surface area contributed by atoms with E-state index in [9.17, 15) is 18.4 Å². The predicted molar refractivity (Wildman–Crippen MR) is 83.5 cm³/mol. The Morgan fingerprint density at radius 3 is 1.96 bits per heavy atom. The largest absolute Gasteiger partial charge is 0.487 e. The number of esters is 1. The summed E-state index contributed by atoms with van der Waals surface area (Å²) >= 11 is 0. The summed E-state index contributed by atoms with van der Waals surface area (Å²) in [5.74, 6) is -6.97. The zero-order chi connectivity index (χ0) is 18.8. The van der Waals surface area contributed by atoms with Crippen molar-refractivity contribution in [2.45, 2.75) is 46.1 Å². The third-order valence-corrected chi connectivity index (χ3v) is 3.97. The molecule has 0 spiro atoms. The molecule has 5 nitrogen and oxygen atoms in total. The standard InChI is InChI=1S/C17H22F2O5/c1-15(2,3)16(4,5)24-12-8-6-11(7-9-12)13(20)23-10-17(18,19)14(21)22/h6-9H,10H2,1-5H3,(H,21,22). The molecule has 0 aliphatic rings. The molecule has 134 valence electrons. The first-order chi connectivity index (χ1) is 10.8. The van der Waals surface area contributed by atoms with Crippen molar-refractivity contribution < 1.29 is 33.0 Å². The Balaban J connectivity index is 2.74. The molecule has 1 rings (SSSR count). The van der Waals surface area contributed by atoms with Crippen LogP contribution in [-0.4, -0.2) is 35.2 Å². The molecule has 0 aliphatic carbocycles. The van der Waals surface area contributed by atoms with Crippen molar-refractivity contribution >= 4 is 11.9 Å². The first-order valence-corrected chi connectivity index (χ1v) is 7.34. The average Bonchev–Trinajstić information content (AvgIpc) is 2.44. The summed E-state index contributed by atoms with van der Waals surface area (Å²) in [5.41, 5.74) is -0.580. The van der Waals surface area contributed by atoms with Crippen LogP contribution in [-0.2, 0) is 9.53 Å². The predicted octanol–water partition coefficient (Wildman–Crippen LogP) is 3.77. The lowest BCUT2D eigenvalue weighted by atomic mass is 9.79. The van der Waals surface area contributed by atoms with Crippen LogP contribution in [0.25, 0.3) is 0 Å². The second-order valence-corrected chi connectivity index (χ2v) is 6.97. The van der Waals surface area contributed by atoms with Gasteiger partial charge in [0.25, 0.3) is 0 Å². The van der Waals surface area contributed by atoms with Gasteiger partial charge in [-0.2, -0.15) is 8.78 Å². The van der Waals surface area contributed by atoms with E-state index in [0.717, 1.165) is 0 Å². The van der Waals surface area contributed by atoms with Crippen LogP contribution in [0.1, 0.15) is 45.0 Å². The number of hydrogen-bond acceptors (Lipinski definition) is 4. The maximum absolute atomic E-state index is 12.9. The Morgan fingerprint density at radius 1 is 1.04 bits per heavy atom. The molecular weight excluding hydrogens is 322 g/mol. The van der Waals surface area contributed by atoms with Gasteiger partial charge >= 0.3 is 17.9 Å². The highest BCUT2D eigenvalue weighted by Crippen LogP contribution is 2.34. The van der Waals surface area contributed by atoms with Crippen molar-refractivity contribution in [3.8, 4) is 5.75 Å². The summed E-state index contributed by atoms with van der Waals surface area (Å²) in [6.07, 6.45) is 0. The van der Waals surface area contributed by atoms with E-state index in [1.54, 1.807) is 0 Å². The zero-order valence-electron chi connectivity index (χ0n) is 14.4. The molecule has 24 heavy (non-hydrogen) atoms. The van der Waals surface area contributed by atoms with Gasteiger partial charge in [0.1, 0.15) is 11.4 Å². The summed E-state index contributed by atoms with van der Waals surface area (Å²) in [7, 11) is 0. The Morgan fingerprint density at radius 2 is 1.54 bits per heavy atom. The molecule has 0 atom stereocenters. The molecule has 0 unspecified atom stereocenters. The number of carbonyl (C=O) groups is 2. The summed E-state index contributed by atoms with van der Waals surface area (Å²) < 4.78 is 36.0. The fraction of sp³-hybridized carbons (Fsp3) is 0.529. The second kappa shape index (κ2) is 6.75. The van der Waals surface area contributed by atoms with Gasteiger partial charge in [-0.05, 0) is 38.1 Å². The van der Waals surface area contributed by atoms with Crippen molar-refractivity contribution in [2.24, 2.45) is 5.41 Å². The zero-order valence-corrected chi connectivity index (χ0v) is 14.4. The van der Waals surface area contributed by atoms with Crippen molar-refractivity contribution in [1.29, 1.82) is 0 Å². The van der Waals surface area contributed by atoms with Gasteiger partial charge < -0.3 is 14.6 Å². The molecule has 1 N–H and O–H groups in total. The van der Waals surface area contributed by atoms with Gasteiger partial charge in [0.15, 0.2) is 6.61 Å². The van der Waals surface area contributed by atoms with Crippen LogP contribution in [0.5, 0.6) is 5.75 Å². The molecule has 0 bridgehead atoms. The highest BCUT2D eigenvalue weighted by molar-refractivity contribution is 5.89. The summed E-state index contributed by atoms with van der Waals surface area (Å²) in [4.78, 5) is 22.0. The van der Waals surface area contributed by atoms with Crippen molar-refractivity contribution in [3.05, 3.63) is 29.8 Å². The molecule has 0 heterocycles. The fourth-order valence-corrected chi connectivity index (χ4v) is 1.41. The summed E-state index contributed by atoms with van der Waals surface area (Å²) in [6.45, 7) is 8.44. The maximum atomic E-state index is 12.9. The number of alkyl halides is 2. The van der Waals surface area contributed by atoms with Crippen LogP contribution < -0.4 is 4.74 Å². The number of carboxylic acids is 1. The smallest absolute Gasteiger partial charge is 0.378 e. The highest BCUT2D eigenvalue weighted by atomic mass is 19.3. The van der Waals surface area contributed by atoms with Gasteiger partial charge in [-0.1, -0.05) is 20.8 Å². The quantitative estimate of drug-likeness (QED) is 0.795. The Labute approximate surface area is 139 Å². The molecule has 1 aromatic rings. The van der Waals surface area contributed by atoms with Gasteiger partial charge in [0, 0.05) is 5.41 Å². The minimum absolute atomic E-state index is 0.0251. The van der Waals surface area contributed by atoms with Gasteiger partial charge in [-0.25, -0.2) is 9.59 Å². The van der Waals surface area contributed by atoms with Crippen LogP contribution in [0.15, 0.2) is 24.3 Å². The molecule has 1 aromatic carbocycles. The Bertz CT molecular complexity index is 600. The van der Waals surface area contributed by atoms with E-state index < -0.39 is 30.1 Å². The molecular formula is C17H22F2O5. The first-order valence-electron chi connectivity index (χ1n) is 7.34. The number of benzene rings is 1. The molecule has 0 radical (unpaired) electrons.